The summed E-state index contributed by atoms with van der Waals surface area (Å²) in [4.78, 5) is 22.7. The minimum absolute atomic E-state index is 0.150. The molecule has 0 saturated heterocycles. The normalized spacial score (nSPS) is 10.6. The Kier molecular flexibility index (Phi) is 4.60. The van der Waals surface area contributed by atoms with Crippen LogP contribution in [-0.4, -0.2) is 19.7 Å². The summed E-state index contributed by atoms with van der Waals surface area (Å²) in [7, 11) is 0. The molecule has 1 aromatic carbocycles. The standard InChI is InChI=1S/C11H14N6O3S/c1-2-6-16-10(18)14-15-11(16)21-8-5-3-4-7(13-12)9(8)17(19)20/h3-5,13H,2,6,12H2,1H3,(H,14,18). The quantitative estimate of drug-likeness (QED) is 0.416. The lowest BCUT2D eigenvalue weighted by Crippen LogP contribution is -2.17. The number of hydrogen-bond donors (Lipinski definition) is 3. The lowest BCUT2D eigenvalue weighted by atomic mass is 10.3. The lowest BCUT2D eigenvalue weighted by molar-refractivity contribution is -0.386. The van der Waals surface area contributed by atoms with Crippen LogP contribution in [0.25, 0.3) is 0 Å². The third-order valence-corrected chi connectivity index (χ3v) is 3.75. The molecule has 0 spiro atoms. The van der Waals surface area contributed by atoms with Gasteiger partial charge in [0.15, 0.2) is 5.16 Å². The number of aromatic nitrogens is 3. The molecule has 2 rings (SSSR count). The van der Waals surface area contributed by atoms with Gasteiger partial charge in [0.25, 0.3) is 0 Å². The van der Waals surface area contributed by atoms with Crippen LogP contribution in [0.2, 0.25) is 0 Å². The zero-order valence-electron chi connectivity index (χ0n) is 11.2. The topological polar surface area (TPSA) is 132 Å². The number of benzene rings is 1. The Morgan fingerprint density at radius 2 is 2.33 bits per heavy atom. The average molecular weight is 310 g/mol. The number of aromatic amines is 1. The lowest BCUT2D eigenvalue weighted by Gasteiger charge is -2.07. The van der Waals surface area contributed by atoms with E-state index in [1.165, 1.54) is 10.6 Å². The van der Waals surface area contributed by atoms with Gasteiger partial charge in [-0.1, -0.05) is 13.0 Å². The zero-order chi connectivity index (χ0) is 15.4. The molecule has 0 atom stereocenters. The number of nitro groups is 1. The second kappa shape index (κ2) is 6.41. The molecule has 0 fully saturated rings. The van der Waals surface area contributed by atoms with Gasteiger partial charge in [0.2, 0.25) is 0 Å². The minimum Gasteiger partial charge on any atom is -0.318 e. The Morgan fingerprint density at radius 3 is 2.95 bits per heavy atom. The molecule has 0 saturated carbocycles. The number of nitrogens with one attached hydrogen (secondary N) is 2. The summed E-state index contributed by atoms with van der Waals surface area (Å²) < 4.78 is 1.44. The highest BCUT2D eigenvalue weighted by Crippen LogP contribution is 2.37. The molecule has 0 unspecified atom stereocenters. The van der Waals surface area contributed by atoms with E-state index >= 15 is 0 Å². The third kappa shape index (κ3) is 3.06. The number of hydrazine groups is 1. The number of para-hydroxylation sites is 1. The fourth-order valence-electron chi connectivity index (χ4n) is 1.81. The van der Waals surface area contributed by atoms with Gasteiger partial charge < -0.3 is 5.43 Å². The number of nitrogens with two attached hydrogens (primary N) is 1. The van der Waals surface area contributed by atoms with Crippen molar-refractivity contribution in [2.45, 2.75) is 29.9 Å². The van der Waals surface area contributed by atoms with Crippen molar-refractivity contribution in [3.05, 3.63) is 38.8 Å². The van der Waals surface area contributed by atoms with Crippen LogP contribution in [-0.2, 0) is 6.54 Å². The molecule has 0 bridgehead atoms. The van der Waals surface area contributed by atoms with E-state index in [1.54, 1.807) is 12.1 Å². The first kappa shape index (κ1) is 15.1. The van der Waals surface area contributed by atoms with E-state index in [9.17, 15) is 14.9 Å². The number of nitrogen functional groups attached to an aromatic ring is 1. The van der Waals surface area contributed by atoms with E-state index < -0.39 is 4.92 Å². The molecule has 21 heavy (non-hydrogen) atoms. The summed E-state index contributed by atoms with van der Waals surface area (Å²) in [6.07, 6.45) is 0.749. The molecule has 1 heterocycles. The largest absolute Gasteiger partial charge is 0.343 e. The molecule has 9 nitrogen and oxygen atoms in total. The SMILES string of the molecule is CCCn1c(Sc2cccc(NN)c2[N+](=O)[O-])n[nH]c1=O. The van der Waals surface area contributed by atoms with Crippen LogP contribution >= 0.6 is 11.8 Å². The number of hydrogen-bond acceptors (Lipinski definition) is 7. The maximum atomic E-state index is 11.6. The van der Waals surface area contributed by atoms with Gasteiger partial charge in [0.05, 0.1) is 9.82 Å². The van der Waals surface area contributed by atoms with Crippen LogP contribution in [0.1, 0.15) is 13.3 Å². The maximum Gasteiger partial charge on any atom is 0.343 e. The molecule has 0 radical (unpaired) electrons. The average Bonchev–Trinajstić information content (AvgIpc) is 2.80. The molecule has 0 amide bonds. The molecule has 1 aromatic heterocycles. The second-order valence-electron chi connectivity index (χ2n) is 4.12. The summed E-state index contributed by atoms with van der Waals surface area (Å²) in [6, 6.07) is 4.73. The van der Waals surface area contributed by atoms with Crippen LogP contribution in [0.5, 0.6) is 0 Å². The van der Waals surface area contributed by atoms with Crippen LogP contribution in [0.4, 0.5) is 11.4 Å². The third-order valence-electron chi connectivity index (χ3n) is 2.71. The Labute approximate surface area is 123 Å². The van der Waals surface area contributed by atoms with E-state index in [0.717, 1.165) is 18.2 Å². The molecule has 4 N–H and O–H groups in total. The van der Waals surface area contributed by atoms with Gasteiger partial charge in [-0.3, -0.25) is 20.5 Å². The van der Waals surface area contributed by atoms with Gasteiger partial charge in [0, 0.05) is 6.54 Å². The summed E-state index contributed by atoms with van der Waals surface area (Å²) >= 11 is 1.04. The van der Waals surface area contributed by atoms with Crippen molar-refractivity contribution < 1.29 is 4.92 Å². The Morgan fingerprint density at radius 1 is 1.57 bits per heavy atom. The summed E-state index contributed by atoms with van der Waals surface area (Å²) in [6.45, 7) is 2.41. The first-order valence-electron chi connectivity index (χ1n) is 6.15. The van der Waals surface area contributed by atoms with E-state index in [2.05, 4.69) is 15.6 Å². The Hall–Kier alpha value is -2.33. The van der Waals surface area contributed by atoms with E-state index in [1.807, 2.05) is 6.92 Å². The van der Waals surface area contributed by atoms with Crippen molar-refractivity contribution in [2.75, 3.05) is 5.43 Å². The predicted molar refractivity (Wildman–Crippen MR) is 78.2 cm³/mol. The molecular formula is C11H14N6O3S. The van der Waals surface area contributed by atoms with Gasteiger partial charge >= 0.3 is 11.4 Å². The van der Waals surface area contributed by atoms with Crippen LogP contribution in [0.15, 0.2) is 33.0 Å². The number of anilines is 1. The number of nitro benzene ring substituents is 1. The van der Waals surface area contributed by atoms with Gasteiger partial charge in [-0.15, -0.1) is 5.10 Å². The zero-order valence-corrected chi connectivity index (χ0v) is 12.0. The van der Waals surface area contributed by atoms with Crippen LogP contribution in [0, 0.1) is 10.1 Å². The highest BCUT2D eigenvalue weighted by atomic mass is 32.2. The van der Waals surface area contributed by atoms with Crippen molar-refractivity contribution in [3.8, 4) is 0 Å². The predicted octanol–water partition coefficient (Wildman–Crippen LogP) is 1.33. The fraction of sp³-hybridized carbons (Fsp3) is 0.273. The van der Waals surface area contributed by atoms with Crippen molar-refractivity contribution in [3.63, 3.8) is 0 Å². The molecular weight excluding hydrogens is 296 g/mol. The first-order valence-corrected chi connectivity index (χ1v) is 6.97. The van der Waals surface area contributed by atoms with Crippen molar-refractivity contribution >= 4 is 23.1 Å². The minimum atomic E-state index is -0.521. The van der Waals surface area contributed by atoms with Crippen molar-refractivity contribution in [1.82, 2.24) is 14.8 Å². The van der Waals surface area contributed by atoms with Gasteiger partial charge in [0.1, 0.15) is 5.69 Å². The Balaban J connectivity index is 2.45. The molecule has 2 aromatic rings. The van der Waals surface area contributed by atoms with Crippen LogP contribution < -0.4 is 17.0 Å². The van der Waals surface area contributed by atoms with Crippen LogP contribution in [0.3, 0.4) is 0 Å². The van der Waals surface area contributed by atoms with E-state index in [4.69, 9.17) is 5.84 Å². The maximum absolute atomic E-state index is 11.6. The van der Waals surface area contributed by atoms with E-state index in [-0.39, 0.29) is 17.1 Å². The molecule has 10 heteroatoms. The number of rotatable bonds is 6. The fourth-order valence-corrected chi connectivity index (χ4v) is 2.81. The van der Waals surface area contributed by atoms with Gasteiger partial charge in [-0.25, -0.2) is 9.89 Å². The highest BCUT2D eigenvalue weighted by molar-refractivity contribution is 7.99. The molecule has 0 aliphatic heterocycles. The Bertz CT molecular complexity index is 710. The molecule has 112 valence electrons. The smallest absolute Gasteiger partial charge is 0.318 e. The van der Waals surface area contributed by atoms with Crippen molar-refractivity contribution in [1.29, 1.82) is 0 Å². The van der Waals surface area contributed by atoms with Crippen molar-refractivity contribution in [2.24, 2.45) is 5.84 Å². The summed E-state index contributed by atoms with van der Waals surface area (Å²) in [5, 5.41) is 17.8. The molecule has 0 aliphatic rings. The molecule has 0 aliphatic carbocycles. The summed E-state index contributed by atoms with van der Waals surface area (Å²) in [5.41, 5.74) is 2.01. The van der Waals surface area contributed by atoms with E-state index in [0.29, 0.717) is 16.6 Å². The number of nitrogens with zero attached hydrogens (tertiary/aromatic N) is 3. The van der Waals surface area contributed by atoms with Gasteiger partial charge in [-0.05, 0) is 30.3 Å². The first-order chi connectivity index (χ1) is 10.1. The highest BCUT2D eigenvalue weighted by Gasteiger charge is 2.22. The summed E-state index contributed by atoms with van der Waals surface area (Å²) in [5.74, 6) is 5.29. The number of H-pyrrole nitrogens is 1. The second-order valence-corrected chi connectivity index (χ2v) is 5.13. The monoisotopic (exact) mass is 310 g/mol. The van der Waals surface area contributed by atoms with Gasteiger partial charge in [-0.2, -0.15) is 0 Å².